The van der Waals surface area contributed by atoms with Crippen LogP contribution in [0, 0.1) is 5.92 Å². The highest BCUT2D eigenvalue weighted by Crippen LogP contribution is 2.24. The number of sulfonamides is 1. The number of anilines is 1. The molecule has 6 heteroatoms. The summed E-state index contributed by atoms with van der Waals surface area (Å²) in [6.07, 6.45) is 1.50. The maximum atomic E-state index is 12.7. The molecule has 1 aromatic rings. The Labute approximate surface area is 116 Å². The molecule has 19 heavy (non-hydrogen) atoms. The summed E-state index contributed by atoms with van der Waals surface area (Å²) in [4.78, 5) is 4.04. The molecule has 5 nitrogen and oxygen atoms in total. The van der Waals surface area contributed by atoms with E-state index < -0.39 is 10.0 Å². The molecule has 1 rings (SSSR count). The third-order valence-corrected chi connectivity index (χ3v) is 4.72. The van der Waals surface area contributed by atoms with Crippen molar-refractivity contribution in [3.8, 4) is 0 Å². The molecule has 0 saturated carbocycles. The molecule has 1 heterocycles. The van der Waals surface area contributed by atoms with Gasteiger partial charge in [-0.25, -0.2) is 13.4 Å². The van der Waals surface area contributed by atoms with Crippen LogP contribution in [0.2, 0.25) is 0 Å². The highest BCUT2D eigenvalue weighted by atomic mass is 32.2. The fourth-order valence-electron chi connectivity index (χ4n) is 1.84. The first-order chi connectivity index (χ1) is 8.80. The van der Waals surface area contributed by atoms with Crippen LogP contribution < -0.4 is 5.32 Å². The summed E-state index contributed by atoms with van der Waals surface area (Å²) in [5.74, 6) is 0.263. The van der Waals surface area contributed by atoms with Gasteiger partial charge in [0.1, 0.15) is 0 Å². The normalized spacial score (nSPS) is 12.4. The molecule has 0 atom stereocenters. The Kier molecular flexibility index (Phi) is 5.31. The summed E-state index contributed by atoms with van der Waals surface area (Å²) in [6, 6.07) is 3.33. The van der Waals surface area contributed by atoms with Crippen LogP contribution in [-0.2, 0) is 10.0 Å². The topological polar surface area (TPSA) is 62.3 Å². The van der Waals surface area contributed by atoms with E-state index in [0.29, 0.717) is 12.2 Å². The van der Waals surface area contributed by atoms with Crippen molar-refractivity contribution in [2.75, 3.05) is 18.9 Å². The lowest BCUT2D eigenvalue weighted by Crippen LogP contribution is -2.40. The van der Waals surface area contributed by atoms with Crippen molar-refractivity contribution in [3.63, 3.8) is 0 Å². The quantitative estimate of drug-likeness (QED) is 0.870. The van der Waals surface area contributed by atoms with Gasteiger partial charge < -0.3 is 5.32 Å². The molecule has 0 spiro atoms. The molecule has 1 N–H and O–H groups in total. The summed E-state index contributed by atoms with van der Waals surface area (Å²) in [7, 11) is -1.89. The molecule has 0 aliphatic heterocycles. The van der Waals surface area contributed by atoms with Gasteiger partial charge in [-0.05, 0) is 31.9 Å². The molecule has 0 aliphatic rings. The van der Waals surface area contributed by atoms with E-state index in [1.807, 2.05) is 27.7 Å². The van der Waals surface area contributed by atoms with Gasteiger partial charge in [-0.15, -0.1) is 0 Å². The number of nitrogens with one attached hydrogen (secondary N) is 1. The second kappa shape index (κ2) is 6.34. The van der Waals surface area contributed by atoms with E-state index in [2.05, 4.69) is 10.3 Å². The van der Waals surface area contributed by atoms with Gasteiger partial charge in [0, 0.05) is 25.8 Å². The fraction of sp³-hybridized carbons (Fsp3) is 0.615. The average Bonchev–Trinajstić information content (AvgIpc) is 2.35. The molecule has 0 fully saturated rings. The Bertz CT molecular complexity index is 512. The monoisotopic (exact) mass is 285 g/mol. The lowest BCUT2D eigenvalue weighted by atomic mass is 10.2. The van der Waals surface area contributed by atoms with Gasteiger partial charge in [0.05, 0.1) is 5.69 Å². The molecule has 0 aliphatic carbocycles. The van der Waals surface area contributed by atoms with Gasteiger partial charge in [0.2, 0.25) is 0 Å². The lowest BCUT2D eigenvalue weighted by Gasteiger charge is -2.27. The van der Waals surface area contributed by atoms with Crippen LogP contribution in [0.15, 0.2) is 23.4 Å². The van der Waals surface area contributed by atoms with Crippen LogP contribution in [0.5, 0.6) is 0 Å². The van der Waals surface area contributed by atoms with E-state index in [-0.39, 0.29) is 17.0 Å². The summed E-state index contributed by atoms with van der Waals surface area (Å²) in [5, 5.41) is 2.97. The molecular weight excluding hydrogens is 262 g/mol. The number of rotatable bonds is 6. The summed E-state index contributed by atoms with van der Waals surface area (Å²) in [5.41, 5.74) is 0.525. The minimum Gasteiger partial charge on any atom is -0.386 e. The second-order valence-corrected chi connectivity index (χ2v) is 6.97. The van der Waals surface area contributed by atoms with Crippen LogP contribution in [0.25, 0.3) is 0 Å². The number of hydrogen-bond acceptors (Lipinski definition) is 4. The Hall–Kier alpha value is -1.14. The minimum atomic E-state index is -3.58. The number of pyridine rings is 1. The van der Waals surface area contributed by atoms with Crippen molar-refractivity contribution in [3.05, 3.63) is 18.3 Å². The molecule has 1 aromatic heterocycles. The van der Waals surface area contributed by atoms with Crippen molar-refractivity contribution in [2.45, 2.75) is 38.8 Å². The van der Waals surface area contributed by atoms with Crippen molar-refractivity contribution >= 4 is 15.7 Å². The predicted octanol–water partition coefficient (Wildman–Crippen LogP) is 2.18. The molecule has 0 radical (unpaired) electrons. The predicted molar refractivity (Wildman–Crippen MR) is 77.6 cm³/mol. The Morgan fingerprint density at radius 3 is 2.42 bits per heavy atom. The first kappa shape index (κ1) is 15.9. The molecule has 0 amide bonds. The van der Waals surface area contributed by atoms with E-state index in [1.165, 1.54) is 10.5 Å². The first-order valence-corrected chi connectivity index (χ1v) is 7.89. The van der Waals surface area contributed by atoms with E-state index in [9.17, 15) is 8.42 Å². The third kappa shape index (κ3) is 3.67. The zero-order valence-electron chi connectivity index (χ0n) is 12.2. The van der Waals surface area contributed by atoms with Crippen molar-refractivity contribution in [1.82, 2.24) is 9.29 Å². The van der Waals surface area contributed by atoms with Crippen LogP contribution in [0.3, 0.4) is 0 Å². The van der Waals surface area contributed by atoms with E-state index in [0.717, 1.165) is 0 Å². The fourth-order valence-corrected chi connectivity index (χ4v) is 3.76. The van der Waals surface area contributed by atoms with Gasteiger partial charge in [-0.1, -0.05) is 13.8 Å². The summed E-state index contributed by atoms with van der Waals surface area (Å²) < 4.78 is 26.9. The van der Waals surface area contributed by atoms with Crippen molar-refractivity contribution in [2.24, 2.45) is 5.92 Å². The zero-order chi connectivity index (χ0) is 14.6. The lowest BCUT2D eigenvalue weighted by molar-refractivity contribution is 0.318. The molecule has 0 aromatic carbocycles. The van der Waals surface area contributed by atoms with E-state index in [4.69, 9.17) is 0 Å². The second-order valence-electron chi connectivity index (χ2n) is 5.17. The number of aromatic nitrogens is 1. The van der Waals surface area contributed by atoms with Gasteiger partial charge in [0.15, 0.2) is 5.03 Å². The smallest absolute Gasteiger partial charge is 0.262 e. The number of nitrogens with zero attached hydrogens (tertiary/aromatic N) is 2. The third-order valence-electron chi connectivity index (χ3n) is 2.71. The van der Waals surface area contributed by atoms with Crippen LogP contribution >= 0.6 is 0 Å². The van der Waals surface area contributed by atoms with Gasteiger partial charge in [-0.2, -0.15) is 4.31 Å². The van der Waals surface area contributed by atoms with Crippen LogP contribution in [0.1, 0.15) is 27.7 Å². The van der Waals surface area contributed by atoms with Crippen LogP contribution in [0.4, 0.5) is 5.69 Å². The van der Waals surface area contributed by atoms with Gasteiger partial charge in [0.25, 0.3) is 10.0 Å². The summed E-state index contributed by atoms with van der Waals surface area (Å²) in [6.45, 7) is 8.24. The highest BCUT2D eigenvalue weighted by molar-refractivity contribution is 7.89. The number of hydrogen-bond donors (Lipinski definition) is 1. The van der Waals surface area contributed by atoms with Gasteiger partial charge in [-0.3, -0.25) is 0 Å². The summed E-state index contributed by atoms with van der Waals surface area (Å²) >= 11 is 0. The van der Waals surface area contributed by atoms with Crippen LogP contribution in [-0.4, -0.2) is 37.3 Å². The molecule has 108 valence electrons. The minimum absolute atomic E-state index is 0.0897. The zero-order valence-corrected chi connectivity index (χ0v) is 13.0. The molecular formula is C13H23N3O2S. The maximum Gasteiger partial charge on any atom is 0.262 e. The van der Waals surface area contributed by atoms with Gasteiger partial charge >= 0.3 is 0 Å². The van der Waals surface area contributed by atoms with E-state index in [1.54, 1.807) is 19.2 Å². The Balaban J connectivity index is 3.27. The van der Waals surface area contributed by atoms with Crippen molar-refractivity contribution in [1.29, 1.82) is 0 Å². The standard InChI is InChI=1S/C13H23N3O2S/c1-10(2)9-16(11(3)4)19(17,18)13-12(14-5)7-6-8-15-13/h6-8,10-11,14H,9H2,1-5H3. The highest BCUT2D eigenvalue weighted by Gasteiger charge is 2.30. The molecule has 0 saturated heterocycles. The van der Waals surface area contributed by atoms with Crippen molar-refractivity contribution < 1.29 is 8.42 Å². The largest absolute Gasteiger partial charge is 0.386 e. The maximum absolute atomic E-state index is 12.7. The first-order valence-electron chi connectivity index (χ1n) is 6.45. The average molecular weight is 285 g/mol. The molecule has 0 unspecified atom stereocenters. The SMILES string of the molecule is CNc1cccnc1S(=O)(=O)N(CC(C)C)C(C)C. The Morgan fingerprint density at radius 1 is 1.32 bits per heavy atom. The Morgan fingerprint density at radius 2 is 1.95 bits per heavy atom. The van der Waals surface area contributed by atoms with E-state index >= 15 is 0 Å². The molecule has 0 bridgehead atoms.